The van der Waals surface area contributed by atoms with E-state index in [2.05, 4.69) is 26.1 Å². The summed E-state index contributed by atoms with van der Waals surface area (Å²) in [5.74, 6) is -1.88. The fourth-order valence-corrected chi connectivity index (χ4v) is 1.98. The molecule has 1 N–H and O–H groups in total. The van der Waals surface area contributed by atoms with Crippen molar-refractivity contribution in [3.63, 3.8) is 0 Å². The number of rotatable bonds is 6. The van der Waals surface area contributed by atoms with E-state index in [4.69, 9.17) is 4.74 Å². The number of nitrogens with zero attached hydrogens (tertiary/aromatic N) is 1. The lowest BCUT2D eigenvalue weighted by molar-refractivity contribution is -0.165. The van der Waals surface area contributed by atoms with Gasteiger partial charge in [0.1, 0.15) is 0 Å². The van der Waals surface area contributed by atoms with Crippen LogP contribution in [0.25, 0.3) is 0 Å². The van der Waals surface area contributed by atoms with E-state index < -0.39 is 16.4 Å². The van der Waals surface area contributed by atoms with Crippen molar-refractivity contribution < 1.29 is 22.7 Å². The Morgan fingerprint density at radius 2 is 2.00 bits per heavy atom. The number of alkyl halides is 3. The van der Waals surface area contributed by atoms with Gasteiger partial charge in [-0.2, -0.15) is 13.2 Å². The Hall–Kier alpha value is -0.600. The van der Waals surface area contributed by atoms with Crippen molar-refractivity contribution in [3.05, 3.63) is 10.7 Å². The minimum Gasteiger partial charge on any atom is -0.390 e. The molecule has 8 heteroatoms. The second kappa shape index (κ2) is 7.86. The molecule has 0 atom stereocenters. The summed E-state index contributed by atoms with van der Waals surface area (Å²) in [7, 11) is 0. The van der Waals surface area contributed by atoms with Crippen LogP contribution in [-0.4, -0.2) is 56.3 Å². The number of ether oxygens (including phenoxy) is 1. The van der Waals surface area contributed by atoms with Crippen molar-refractivity contribution in [2.45, 2.75) is 12.6 Å². The molecule has 0 aromatic heterocycles. The third-order valence-corrected chi connectivity index (χ3v) is 3.19. The van der Waals surface area contributed by atoms with Crippen LogP contribution < -0.4 is 5.32 Å². The van der Waals surface area contributed by atoms with Crippen molar-refractivity contribution in [3.8, 4) is 0 Å². The predicted octanol–water partition coefficient (Wildman–Crippen LogP) is 1.67. The summed E-state index contributed by atoms with van der Waals surface area (Å²) in [6, 6.07) is 0. The smallest absolute Gasteiger partial charge is 0.390 e. The van der Waals surface area contributed by atoms with E-state index in [0.29, 0.717) is 6.54 Å². The zero-order valence-electron chi connectivity index (χ0n) is 10.3. The highest BCUT2D eigenvalue weighted by molar-refractivity contribution is 9.12. The van der Waals surface area contributed by atoms with E-state index in [1.807, 2.05) is 0 Å². The molecule has 1 aliphatic heterocycles. The molecule has 0 aromatic rings. The maximum absolute atomic E-state index is 12.1. The van der Waals surface area contributed by atoms with Crippen LogP contribution in [0.3, 0.4) is 0 Å². The van der Waals surface area contributed by atoms with Crippen LogP contribution in [0.5, 0.6) is 0 Å². The second-order valence-corrected chi connectivity index (χ2v) is 4.94. The SMILES string of the molecule is O=C(C(Br)=CNCCCN1CCOCC1)C(F)(F)F. The molecule has 1 heterocycles. The topological polar surface area (TPSA) is 41.6 Å². The zero-order valence-corrected chi connectivity index (χ0v) is 11.9. The van der Waals surface area contributed by atoms with E-state index in [1.54, 1.807) is 0 Å². The largest absolute Gasteiger partial charge is 0.455 e. The minimum atomic E-state index is -4.84. The number of hydrogen-bond acceptors (Lipinski definition) is 4. The van der Waals surface area contributed by atoms with Crippen molar-refractivity contribution in [2.24, 2.45) is 0 Å². The molecular weight excluding hydrogens is 329 g/mol. The molecule has 1 rings (SSSR count). The number of ketones is 1. The molecule has 0 radical (unpaired) electrons. The Bertz CT molecular complexity index is 328. The van der Waals surface area contributed by atoms with Crippen LogP contribution >= 0.6 is 15.9 Å². The Labute approximate surface area is 118 Å². The Morgan fingerprint density at radius 3 is 2.58 bits per heavy atom. The van der Waals surface area contributed by atoms with E-state index in [1.165, 1.54) is 0 Å². The molecule has 1 saturated heterocycles. The van der Waals surface area contributed by atoms with E-state index in [-0.39, 0.29) is 0 Å². The van der Waals surface area contributed by atoms with E-state index >= 15 is 0 Å². The number of carbonyl (C=O) groups is 1. The van der Waals surface area contributed by atoms with Crippen LogP contribution in [0, 0.1) is 0 Å². The van der Waals surface area contributed by atoms with Gasteiger partial charge in [0.2, 0.25) is 0 Å². The summed E-state index contributed by atoms with van der Waals surface area (Å²) in [6.45, 7) is 4.57. The molecule has 4 nitrogen and oxygen atoms in total. The first-order chi connectivity index (χ1) is 8.91. The number of halogens is 4. The maximum Gasteiger partial charge on any atom is 0.455 e. The average molecular weight is 345 g/mol. The van der Waals surface area contributed by atoms with Gasteiger partial charge in [0.15, 0.2) is 0 Å². The summed E-state index contributed by atoms with van der Waals surface area (Å²) in [5.41, 5.74) is 0. The third-order valence-electron chi connectivity index (χ3n) is 2.60. The van der Waals surface area contributed by atoms with Crippen molar-refractivity contribution in [1.82, 2.24) is 10.2 Å². The zero-order chi connectivity index (χ0) is 14.3. The van der Waals surface area contributed by atoms with E-state index in [9.17, 15) is 18.0 Å². The number of morpholine rings is 1. The Morgan fingerprint density at radius 1 is 1.37 bits per heavy atom. The van der Waals surface area contributed by atoms with Gasteiger partial charge in [-0.05, 0) is 28.9 Å². The summed E-state index contributed by atoms with van der Waals surface area (Å²) < 4.78 is 40.8. The molecule has 0 aromatic carbocycles. The maximum atomic E-state index is 12.1. The fourth-order valence-electron chi connectivity index (χ4n) is 1.59. The summed E-state index contributed by atoms with van der Waals surface area (Å²) in [5, 5.41) is 2.69. The quantitative estimate of drug-likeness (QED) is 0.587. The number of carbonyl (C=O) groups excluding carboxylic acids is 1. The summed E-state index contributed by atoms with van der Waals surface area (Å²) in [6.07, 6.45) is -3.00. The lowest BCUT2D eigenvalue weighted by Crippen LogP contribution is -2.37. The van der Waals surface area contributed by atoms with Gasteiger partial charge in [0.05, 0.1) is 17.7 Å². The Balaban J connectivity index is 2.17. The minimum absolute atomic E-state index is 0.508. The molecule has 110 valence electrons. The first kappa shape index (κ1) is 16.5. The second-order valence-electron chi connectivity index (χ2n) is 4.08. The average Bonchev–Trinajstić information content (AvgIpc) is 2.37. The molecule has 0 saturated carbocycles. The van der Waals surface area contributed by atoms with Gasteiger partial charge in [-0.15, -0.1) is 0 Å². The highest BCUT2D eigenvalue weighted by Crippen LogP contribution is 2.23. The van der Waals surface area contributed by atoms with Crippen molar-refractivity contribution in [1.29, 1.82) is 0 Å². The van der Waals surface area contributed by atoms with Gasteiger partial charge >= 0.3 is 6.18 Å². The van der Waals surface area contributed by atoms with Gasteiger partial charge in [0.25, 0.3) is 5.78 Å². The standard InChI is InChI=1S/C11H16BrF3N2O2/c12-9(10(18)11(13,14)15)8-16-2-1-3-17-4-6-19-7-5-17/h8,16H,1-7H2. The van der Waals surface area contributed by atoms with Gasteiger partial charge < -0.3 is 10.1 Å². The van der Waals surface area contributed by atoms with E-state index in [0.717, 1.165) is 45.5 Å². The van der Waals surface area contributed by atoms with Crippen LogP contribution in [-0.2, 0) is 9.53 Å². The number of nitrogens with one attached hydrogen (secondary N) is 1. The van der Waals surface area contributed by atoms with Crippen LogP contribution in [0.2, 0.25) is 0 Å². The Kier molecular flexibility index (Phi) is 6.81. The molecule has 1 fully saturated rings. The lowest BCUT2D eigenvalue weighted by atomic mass is 10.3. The van der Waals surface area contributed by atoms with Crippen molar-refractivity contribution in [2.75, 3.05) is 39.4 Å². The lowest BCUT2D eigenvalue weighted by Gasteiger charge is -2.26. The summed E-state index contributed by atoms with van der Waals surface area (Å²) in [4.78, 5) is 13.0. The molecular formula is C11H16BrF3N2O2. The van der Waals surface area contributed by atoms with Crippen LogP contribution in [0.1, 0.15) is 6.42 Å². The van der Waals surface area contributed by atoms with Gasteiger partial charge in [-0.25, -0.2) is 0 Å². The van der Waals surface area contributed by atoms with Crippen molar-refractivity contribution >= 4 is 21.7 Å². The normalized spacial score (nSPS) is 18.4. The first-order valence-corrected chi connectivity index (χ1v) is 6.71. The third kappa shape index (κ3) is 6.40. The number of Topliss-reactive ketones (excluding diaryl/α,β-unsaturated/α-hetero) is 1. The number of hydrogen-bond donors (Lipinski definition) is 1. The van der Waals surface area contributed by atoms with Gasteiger partial charge in [0, 0.05) is 25.8 Å². The molecule has 0 spiro atoms. The molecule has 0 amide bonds. The molecule has 1 aliphatic rings. The summed E-state index contributed by atoms with van der Waals surface area (Å²) >= 11 is 2.61. The molecule has 0 aliphatic carbocycles. The van der Waals surface area contributed by atoms with Gasteiger partial charge in [-0.1, -0.05) is 0 Å². The monoisotopic (exact) mass is 344 g/mol. The molecule has 0 bridgehead atoms. The molecule has 19 heavy (non-hydrogen) atoms. The highest BCUT2D eigenvalue weighted by atomic mass is 79.9. The van der Waals surface area contributed by atoms with Gasteiger partial charge in [-0.3, -0.25) is 9.69 Å². The number of allylic oxidation sites excluding steroid dienone is 1. The van der Waals surface area contributed by atoms with Crippen LogP contribution in [0.15, 0.2) is 10.7 Å². The van der Waals surface area contributed by atoms with Crippen LogP contribution in [0.4, 0.5) is 13.2 Å². The fraction of sp³-hybridized carbons (Fsp3) is 0.727. The molecule has 0 unspecified atom stereocenters. The first-order valence-electron chi connectivity index (χ1n) is 5.92. The highest BCUT2D eigenvalue weighted by Gasteiger charge is 2.39. The predicted molar refractivity (Wildman–Crippen MR) is 68.0 cm³/mol.